The third-order valence-corrected chi connectivity index (χ3v) is 3.55. The van der Waals surface area contributed by atoms with Gasteiger partial charge in [0, 0.05) is 30.4 Å². The minimum absolute atomic E-state index is 0.664. The summed E-state index contributed by atoms with van der Waals surface area (Å²) in [6, 6.07) is 2.87. The number of nitrogens with zero attached hydrogens (tertiary/aromatic N) is 2. The monoisotopic (exact) mass is 221 g/mol. The summed E-state index contributed by atoms with van der Waals surface area (Å²) in [6.45, 7) is 6.53. The Morgan fingerprint density at radius 1 is 1.44 bits per heavy atom. The molecular formula is C13H23N3. The van der Waals surface area contributed by atoms with Gasteiger partial charge in [-0.05, 0) is 31.9 Å². The highest BCUT2D eigenvalue weighted by atomic mass is 15.3. The second-order valence-electron chi connectivity index (χ2n) is 4.68. The average Bonchev–Trinajstić information content (AvgIpc) is 2.87. The Bertz CT molecular complexity index is 319. The molecule has 2 unspecified atom stereocenters. The summed E-state index contributed by atoms with van der Waals surface area (Å²) < 4.78 is 2.19. The van der Waals surface area contributed by atoms with E-state index in [0.717, 1.165) is 19.5 Å². The van der Waals surface area contributed by atoms with Crippen molar-refractivity contribution in [1.82, 2.24) is 15.1 Å². The van der Waals surface area contributed by atoms with E-state index in [1.807, 2.05) is 6.20 Å². The van der Waals surface area contributed by atoms with Gasteiger partial charge >= 0.3 is 0 Å². The first-order valence-electron chi connectivity index (χ1n) is 6.61. The minimum Gasteiger partial charge on any atom is -0.314 e. The predicted molar refractivity (Wildman–Crippen MR) is 66.6 cm³/mol. The van der Waals surface area contributed by atoms with Crippen LogP contribution in [0.15, 0.2) is 12.3 Å². The maximum absolute atomic E-state index is 4.43. The van der Waals surface area contributed by atoms with Crippen LogP contribution in [-0.4, -0.2) is 22.4 Å². The molecule has 3 heteroatoms. The molecule has 1 N–H and O–H groups in total. The zero-order valence-electron chi connectivity index (χ0n) is 10.4. The molecule has 1 aliphatic rings. The first kappa shape index (κ1) is 11.6. The zero-order chi connectivity index (χ0) is 11.4. The molecule has 1 aromatic rings. The second-order valence-corrected chi connectivity index (χ2v) is 4.68. The summed E-state index contributed by atoms with van der Waals surface area (Å²) in [5, 5.41) is 8.05. The topological polar surface area (TPSA) is 29.9 Å². The summed E-state index contributed by atoms with van der Waals surface area (Å²) in [7, 11) is 0. The van der Waals surface area contributed by atoms with Gasteiger partial charge in [-0.25, -0.2) is 0 Å². The molecule has 1 saturated carbocycles. The maximum atomic E-state index is 4.43. The van der Waals surface area contributed by atoms with Crippen molar-refractivity contribution < 1.29 is 0 Å². The molecular weight excluding hydrogens is 198 g/mol. The third-order valence-electron chi connectivity index (χ3n) is 3.55. The van der Waals surface area contributed by atoms with Gasteiger partial charge in [0.1, 0.15) is 0 Å². The fourth-order valence-corrected chi connectivity index (χ4v) is 2.88. The van der Waals surface area contributed by atoms with Crippen LogP contribution in [0.3, 0.4) is 0 Å². The standard InChI is InChI=1S/C13H23N3/c1-3-10-16-13(8-9-15-16)11-6-5-7-12(11)14-4-2/h8-9,11-12,14H,3-7,10H2,1-2H3. The van der Waals surface area contributed by atoms with Crippen LogP contribution in [0.25, 0.3) is 0 Å². The number of nitrogens with one attached hydrogen (secondary N) is 1. The summed E-state index contributed by atoms with van der Waals surface area (Å²) in [4.78, 5) is 0. The predicted octanol–water partition coefficient (Wildman–Crippen LogP) is 2.54. The van der Waals surface area contributed by atoms with Crippen LogP contribution in [0.4, 0.5) is 0 Å². The summed E-state index contributed by atoms with van der Waals surface area (Å²) >= 11 is 0. The molecule has 0 bridgehead atoms. The lowest BCUT2D eigenvalue weighted by Gasteiger charge is -2.21. The van der Waals surface area contributed by atoms with E-state index >= 15 is 0 Å². The van der Waals surface area contributed by atoms with Crippen molar-refractivity contribution in [1.29, 1.82) is 0 Å². The fraction of sp³-hybridized carbons (Fsp3) is 0.769. The Hall–Kier alpha value is -0.830. The smallest absolute Gasteiger partial charge is 0.0492 e. The summed E-state index contributed by atoms with van der Waals surface area (Å²) in [5.41, 5.74) is 1.44. The molecule has 16 heavy (non-hydrogen) atoms. The number of aromatic nitrogens is 2. The van der Waals surface area contributed by atoms with Crippen LogP contribution >= 0.6 is 0 Å². The van der Waals surface area contributed by atoms with Crippen molar-refractivity contribution in [3.8, 4) is 0 Å². The van der Waals surface area contributed by atoms with Gasteiger partial charge in [0.05, 0.1) is 0 Å². The van der Waals surface area contributed by atoms with Gasteiger partial charge in [0.2, 0.25) is 0 Å². The van der Waals surface area contributed by atoms with Crippen molar-refractivity contribution in [2.45, 2.75) is 58.0 Å². The first-order valence-corrected chi connectivity index (χ1v) is 6.61. The molecule has 1 heterocycles. The van der Waals surface area contributed by atoms with Crippen LogP contribution in [0.5, 0.6) is 0 Å². The molecule has 0 aromatic carbocycles. The van der Waals surface area contributed by atoms with E-state index in [9.17, 15) is 0 Å². The summed E-state index contributed by atoms with van der Waals surface area (Å²) in [5.74, 6) is 0.675. The van der Waals surface area contributed by atoms with Crippen molar-refractivity contribution in [2.24, 2.45) is 0 Å². The second kappa shape index (κ2) is 5.48. The molecule has 0 radical (unpaired) electrons. The maximum Gasteiger partial charge on any atom is 0.0492 e. The lowest BCUT2D eigenvalue weighted by molar-refractivity contribution is 0.455. The molecule has 2 atom stereocenters. The lowest BCUT2D eigenvalue weighted by atomic mass is 9.99. The van der Waals surface area contributed by atoms with E-state index in [1.54, 1.807) is 0 Å². The molecule has 1 fully saturated rings. The normalized spacial score (nSPS) is 25.1. The minimum atomic E-state index is 0.664. The van der Waals surface area contributed by atoms with E-state index in [0.29, 0.717) is 12.0 Å². The number of hydrogen-bond donors (Lipinski definition) is 1. The van der Waals surface area contributed by atoms with Crippen molar-refractivity contribution >= 4 is 0 Å². The van der Waals surface area contributed by atoms with Gasteiger partial charge < -0.3 is 5.32 Å². The van der Waals surface area contributed by atoms with Gasteiger partial charge in [0.15, 0.2) is 0 Å². The van der Waals surface area contributed by atoms with E-state index in [1.165, 1.54) is 25.0 Å². The van der Waals surface area contributed by atoms with Crippen LogP contribution < -0.4 is 5.32 Å². The Morgan fingerprint density at radius 3 is 3.06 bits per heavy atom. The van der Waals surface area contributed by atoms with Crippen LogP contribution in [0, 0.1) is 0 Å². The Kier molecular flexibility index (Phi) is 3.99. The van der Waals surface area contributed by atoms with E-state index < -0.39 is 0 Å². The number of likely N-dealkylation sites (N-methyl/N-ethyl adjacent to an activating group) is 1. The van der Waals surface area contributed by atoms with Crippen molar-refractivity contribution in [3.63, 3.8) is 0 Å². The molecule has 1 aliphatic carbocycles. The van der Waals surface area contributed by atoms with E-state index in [-0.39, 0.29) is 0 Å². The average molecular weight is 221 g/mol. The molecule has 2 rings (SSSR count). The number of rotatable bonds is 5. The first-order chi connectivity index (χ1) is 7.86. The van der Waals surface area contributed by atoms with Gasteiger partial charge in [-0.1, -0.05) is 20.3 Å². The molecule has 1 aromatic heterocycles. The van der Waals surface area contributed by atoms with Gasteiger partial charge in [-0.2, -0.15) is 5.10 Å². The highest BCUT2D eigenvalue weighted by Crippen LogP contribution is 2.34. The highest BCUT2D eigenvalue weighted by molar-refractivity contribution is 5.13. The number of aryl methyl sites for hydroxylation is 1. The van der Waals surface area contributed by atoms with Crippen molar-refractivity contribution in [2.75, 3.05) is 6.54 Å². The number of hydrogen-bond acceptors (Lipinski definition) is 2. The fourth-order valence-electron chi connectivity index (χ4n) is 2.88. The third kappa shape index (κ3) is 2.29. The van der Waals surface area contributed by atoms with Crippen LogP contribution in [0.2, 0.25) is 0 Å². The molecule has 3 nitrogen and oxygen atoms in total. The van der Waals surface area contributed by atoms with Crippen molar-refractivity contribution in [3.05, 3.63) is 18.0 Å². The highest BCUT2D eigenvalue weighted by Gasteiger charge is 2.29. The SMILES string of the molecule is CCCn1nccc1C1CCCC1NCC. The Morgan fingerprint density at radius 2 is 2.31 bits per heavy atom. The summed E-state index contributed by atoms with van der Waals surface area (Å²) in [6.07, 6.45) is 7.09. The largest absolute Gasteiger partial charge is 0.314 e. The van der Waals surface area contributed by atoms with Crippen LogP contribution in [0.1, 0.15) is 51.1 Å². The lowest BCUT2D eigenvalue weighted by Crippen LogP contribution is -2.32. The quantitative estimate of drug-likeness (QED) is 0.828. The van der Waals surface area contributed by atoms with E-state index in [2.05, 4.69) is 35.0 Å². The van der Waals surface area contributed by atoms with Gasteiger partial charge in [0.25, 0.3) is 0 Å². The molecule has 0 spiro atoms. The molecule has 0 aliphatic heterocycles. The Labute approximate surface area is 98.2 Å². The van der Waals surface area contributed by atoms with Crippen LogP contribution in [-0.2, 0) is 6.54 Å². The van der Waals surface area contributed by atoms with Gasteiger partial charge in [-0.3, -0.25) is 4.68 Å². The van der Waals surface area contributed by atoms with Gasteiger partial charge in [-0.15, -0.1) is 0 Å². The molecule has 90 valence electrons. The van der Waals surface area contributed by atoms with E-state index in [4.69, 9.17) is 0 Å². The molecule has 0 saturated heterocycles. The molecule has 0 amide bonds. The zero-order valence-corrected chi connectivity index (χ0v) is 10.4. The Balaban J connectivity index is 2.12.